The minimum absolute atomic E-state index is 0.182. The number of alkyl halides is 3. The highest BCUT2D eigenvalue weighted by Gasteiger charge is 2.45. The Morgan fingerprint density at radius 1 is 1.36 bits per heavy atom. The van der Waals surface area contributed by atoms with E-state index in [2.05, 4.69) is 9.98 Å². The van der Waals surface area contributed by atoms with E-state index in [9.17, 15) is 18.3 Å². The van der Waals surface area contributed by atoms with Crippen molar-refractivity contribution in [3.63, 3.8) is 0 Å². The van der Waals surface area contributed by atoms with Crippen LogP contribution in [0.4, 0.5) is 19.0 Å². The topological polar surface area (TPSA) is 80.7 Å². The number of pyridine rings is 1. The van der Waals surface area contributed by atoms with Crippen LogP contribution in [0.2, 0.25) is 0 Å². The number of aromatic nitrogens is 1. The Hall–Kier alpha value is -2.61. The molecule has 2 bridgehead atoms. The average molecular weight is 391 g/mol. The quantitative estimate of drug-likeness (QED) is 0.772. The normalized spacial score (nSPS) is 24.4. The van der Waals surface area contributed by atoms with Crippen molar-refractivity contribution in [1.82, 2.24) is 4.98 Å². The van der Waals surface area contributed by atoms with Gasteiger partial charge in [-0.15, -0.1) is 0 Å². The monoisotopic (exact) mass is 391 g/mol. The van der Waals surface area contributed by atoms with Crippen LogP contribution in [0.25, 0.3) is 11.3 Å². The standard InChI is InChI=1S/C20H20F3N3O2/c1-11-6-13(20(21,22)23)7-16(27)17(11)15-3-2-12(18(24)26-15)9-25-19-5-4-14(8-19)28-10-19/h2-3,6-7,9,14,27H,4-5,8,10H2,1H3,(H2,24,26). The lowest BCUT2D eigenvalue weighted by atomic mass is 9.99. The smallest absolute Gasteiger partial charge is 0.416 e. The number of nitrogen functional groups attached to an aromatic ring is 1. The van der Waals surface area contributed by atoms with Gasteiger partial charge in [-0.05, 0) is 49.6 Å². The van der Waals surface area contributed by atoms with Crippen molar-refractivity contribution >= 4 is 12.0 Å². The molecule has 3 N–H and O–H groups in total. The van der Waals surface area contributed by atoms with Crippen molar-refractivity contribution in [2.24, 2.45) is 4.99 Å². The number of anilines is 1. The third-order valence-corrected chi connectivity index (χ3v) is 5.46. The van der Waals surface area contributed by atoms with Gasteiger partial charge in [0.15, 0.2) is 0 Å². The van der Waals surface area contributed by atoms with Gasteiger partial charge >= 0.3 is 6.18 Å². The number of fused-ring (bicyclic) bond motifs is 2. The molecule has 4 rings (SSSR count). The van der Waals surface area contributed by atoms with E-state index in [4.69, 9.17) is 10.5 Å². The molecule has 1 saturated heterocycles. The van der Waals surface area contributed by atoms with Crippen molar-refractivity contribution in [2.75, 3.05) is 12.3 Å². The summed E-state index contributed by atoms with van der Waals surface area (Å²) in [5.41, 5.74) is 6.37. The summed E-state index contributed by atoms with van der Waals surface area (Å²) >= 11 is 0. The number of halogens is 3. The Balaban J connectivity index is 1.63. The molecule has 1 aliphatic carbocycles. The van der Waals surface area contributed by atoms with Crippen molar-refractivity contribution < 1.29 is 23.0 Å². The first-order valence-electron chi connectivity index (χ1n) is 9.01. The van der Waals surface area contributed by atoms with Gasteiger partial charge in [0.1, 0.15) is 11.6 Å². The average Bonchev–Trinajstić information content (AvgIpc) is 3.21. The maximum Gasteiger partial charge on any atom is 0.416 e. The highest BCUT2D eigenvalue weighted by molar-refractivity contribution is 5.87. The van der Waals surface area contributed by atoms with E-state index in [1.54, 1.807) is 18.3 Å². The first-order chi connectivity index (χ1) is 13.2. The summed E-state index contributed by atoms with van der Waals surface area (Å²) in [5.74, 6) is -0.288. The minimum atomic E-state index is -4.53. The second-order valence-electron chi connectivity index (χ2n) is 7.51. The molecule has 1 aromatic heterocycles. The van der Waals surface area contributed by atoms with E-state index in [-0.39, 0.29) is 22.5 Å². The molecule has 2 aromatic rings. The van der Waals surface area contributed by atoms with Crippen LogP contribution in [0.1, 0.15) is 36.0 Å². The summed E-state index contributed by atoms with van der Waals surface area (Å²) in [6.45, 7) is 2.10. The third kappa shape index (κ3) is 3.32. The van der Waals surface area contributed by atoms with Crippen LogP contribution in [0.5, 0.6) is 5.75 Å². The molecule has 2 unspecified atom stereocenters. The number of hydrogen-bond acceptors (Lipinski definition) is 5. The van der Waals surface area contributed by atoms with Gasteiger partial charge in [0, 0.05) is 23.8 Å². The zero-order valence-electron chi connectivity index (χ0n) is 15.3. The van der Waals surface area contributed by atoms with Crippen molar-refractivity contribution in [1.29, 1.82) is 0 Å². The van der Waals surface area contributed by atoms with Crippen LogP contribution >= 0.6 is 0 Å². The molecule has 1 aliphatic heterocycles. The fourth-order valence-electron chi connectivity index (χ4n) is 3.96. The molecular weight excluding hydrogens is 371 g/mol. The number of benzene rings is 1. The van der Waals surface area contributed by atoms with Gasteiger partial charge in [0.05, 0.1) is 29.5 Å². The summed E-state index contributed by atoms with van der Waals surface area (Å²) in [5, 5.41) is 10.1. The Morgan fingerprint density at radius 3 is 2.68 bits per heavy atom. The zero-order valence-corrected chi connectivity index (χ0v) is 15.3. The van der Waals surface area contributed by atoms with Crippen LogP contribution in [-0.4, -0.2) is 34.6 Å². The molecule has 1 saturated carbocycles. The van der Waals surface area contributed by atoms with Crippen molar-refractivity contribution in [3.8, 4) is 17.0 Å². The van der Waals surface area contributed by atoms with Crippen LogP contribution in [0.15, 0.2) is 29.3 Å². The molecule has 8 heteroatoms. The summed E-state index contributed by atoms with van der Waals surface area (Å²) < 4.78 is 44.4. The van der Waals surface area contributed by atoms with E-state index >= 15 is 0 Å². The molecular formula is C20H20F3N3O2. The molecule has 148 valence electrons. The second-order valence-corrected chi connectivity index (χ2v) is 7.51. The summed E-state index contributed by atoms with van der Waals surface area (Å²) in [6, 6.07) is 5.01. The van der Waals surface area contributed by atoms with Gasteiger partial charge < -0.3 is 15.6 Å². The van der Waals surface area contributed by atoms with Gasteiger partial charge in [0.25, 0.3) is 0 Å². The maximum atomic E-state index is 12.9. The first kappa shape index (κ1) is 18.7. The van der Waals surface area contributed by atoms with Crippen LogP contribution in [-0.2, 0) is 10.9 Å². The first-order valence-corrected chi connectivity index (χ1v) is 9.01. The third-order valence-electron chi connectivity index (χ3n) is 5.46. The highest BCUT2D eigenvalue weighted by atomic mass is 19.4. The molecule has 2 aliphatic rings. The molecule has 0 spiro atoms. The number of aryl methyl sites for hydroxylation is 1. The van der Waals surface area contributed by atoms with E-state index in [0.29, 0.717) is 30.0 Å². The highest BCUT2D eigenvalue weighted by Crippen LogP contribution is 2.42. The maximum absolute atomic E-state index is 12.9. The molecule has 28 heavy (non-hydrogen) atoms. The molecule has 2 heterocycles. The second kappa shape index (κ2) is 6.48. The molecule has 2 atom stereocenters. The lowest BCUT2D eigenvalue weighted by Crippen LogP contribution is -2.25. The fraction of sp³-hybridized carbons (Fsp3) is 0.400. The predicted octanol–water partition coefficient (Wildman–Crippen LogP) is 4.10. The van der Waals surface area contributed by atoms with E-state index < -0.39 is 17.5 Å². The number of phenolic OH excluding ortho intramolecular Hbond substituents is 1. The van der Waals surface area contributed by atoms with Gasteiger partial charge in [-0.1, -0.05) is 0 Å². The van der Waals surface area contributed by atoms with Gasteiger partial charge in [-0.2, -0.15) is 13.2 Å². The molecule has 0 radical (unpaired) electrons. The van der Waals surface area contributed by atoms with Crippen LogP contribution in [0, 0.1) is 6.92 Å². The lowest BCUT2D eigenvalue weighted by molar-refractivity contribution is -0.137. The van der Waals surface area contributed by atoms with E-state index in [1.165, 1.54) is 6.92 Å². The molecule has 1 aromatic carbocycles. The Labute approximate surface area is 160 Å². The largest absolute Gasteiger partial charge is 0.507 e. The fourth-order valence-corrected chi connectivity index (χ4v) is 3.96. The number of ether oxygens (including phenoxy) is 1. The molecule has 0 amide bonds. The van der Waals surface area contributed by atoms with Gasteiger partial charge in [-0.3, -0.25) is 4.99 Å². The lowest BCUT2D eigenvalue weighted by Gasteiger charge is -2.20. The number of phenols is 1. The number of nitrogens with zero attached hydrogens (tertiary/aromatic N) is 2. The number of aliphatic imine (C=N–C) groups is 1. The van der Waals surface area contributed by atoms with Crippen LogP contribution < -0.4 is 5.73 Å². The molecule has 5 nitrogen and oxygen atoms in total. The summed E-state index contributed by atoms with van der Waals surface area (Å²) in [4.78, 5) is 8.95. The van der Waals surface area contributed by atoms with Gasteiger partial charge in [0.2, 0.25) is 0 Å². The molecule has 2 fully saturated rings. The summed E-state index contributed by atoms with van der Waals surface area (Å²) in [6.07, 6.45) is 0.349. The predicted molar refractivity (Wildman–Crippen MR) is 99.4 cm³/mol. The van der Waals surface area contributed by atoms with E-state index in [1.807, 2.05) is 0 Å². The number of nitrogens with two attached hydrogens (primary N) is 1. The zero-order chi connectivity index (χ0) is 20.1. The Morgan fingerprint density at radius 2 is 2.14 bits per heavy atom. The number of aromatic hydroxyl groups is 1. The van der Waals surface area contributed by atoms with Crippen LogP contribution in [0.3, 0.4) is 0 Å². The summed E-state index contributed by atoms with van der Waals surface area (Å²) in [7, 11) is 0. The van der Waals surface area contributed by atoms with Crippen molar-refractivity contribution in [3.05, 3.63) is 41.0 Å². The van der Waals surface area contributed by atoms with E-state index in [0.717, 1.165) is 25.3 Å². The Kier molecular flexibility index (Phi) is 4.33. The van der Waals surface area contributed by atoms with Crippen molar-refractivity contribution in [2.45, 2.75) is 44.0 Å². The minimum Gasteiger partial charge on any atom is -0.507 e. The van der Waals surface area contributed by atoms with Gasteiger partial charge in [-0.25, -0.2) is 4.98 Å². The number of rotatable bonds is 3. The Bertz CT molecular complexity index is 925. The SMILES string of the molecule is Cc1cc(C(F)(F)F)cc(O)c1-c1ccc(C=NC23CCC(C2)OC3)c(N)n1. The number of hydrogen-bond donors (Lipinski definition) is 2.